The Morgan fingerprint density at radius 2 is 2.17 bits per heavy atom. The van der Waals surface area contributed by atoms with Crippen LogP contribution in [0.15, 0.2) is 0 Å². The highest BCUT2D eigenvalue weighted by Gasteiger charge is 2.39. The molecule has 12 heavy (non-hydrogen) atoms. The summed E-state index contributed by atoms with van der Waals surface area (Å²) in [5.41, 5.74) is 10.4. The van der Waals surface area contributed by atoms with Crippen molar-refractivity contribution in [3.8, 4) is 0 Å². The normalized spacial score (nSPS) is 38.5. The standard InChI is InChI=1S/C8H15N3O/c9-8(12)11-10-7-4-5-1-2-6(7)3-5/h5-7,10H,1-4H2,(H3,9,11,12). The van der Waals surface area contributed by atoms with Crippen LogP contribution in [0.2, 0.25) is 0 Å². The van der Waals surface area contributed by atoms with Gasteiger partial charge in [-0.15, -0.1) is 0 Å². The van der Waals surface area contributed by atoms with Crippen LogP contribution >= 0.6 is 0 Å². The fourth-order valence-corrected chi connectivity index (χ4v) is 2.59. The first-order valence-electron chi connectivity index (χ1n) is 4.56. The lowest BCUT2D eigenvalue weighted by Crippen LogP contribution is -2.48. The summed E-state index contributed by atoms with van der Waals surface area (Å²) in [5.74, 6) is 1.66. The molecular weight excluding hydrogens is 154 g/mol. The molecule has 3 unspecified atom stereocenters. The Bertz CT molecular complexity index is 195. The molecule has 2 aliphatic carbocycles. The highest BCUT2D eigenvalue weighted by atomic mass is 16.2. The van der Waals surface area contributed by atoms with Gasteiger partial charge in [0.15, 0.2) is 0 Å². The predicted octanol–water partition coefficient (Wildman–Crippen LogP) is 0.348. The molecule has 2 rings (SSSR count). The van der Waals surface area contributed by atoms with Crippen molar-refractivity contribution < 1.29 is 4.79 Å². The van der Waals surface area contributed by atoms with E-state index < -0.39 is 6.03 Å². The van der Waals surface area contributed by atoms with Crippen LogP contribution in [-0.2, 0) is 0 Å². The van der Waals surface area contributed by atoms with Gasteiger partial charge in [-0.1, -0.05) is 6.42 Å². The zero-order valence-corrected chi connectivity index (χ0v) is 7.05. The highest BCUT2D eigenvalue weighted by Crippen LogP contribution is 2.44. The van der Waals surface area contributed by atoms with Crippen LogP contribution < -0.4 is 16.6 Å². The Balaban J connectivity index is 1.79. The number of hydrogen-bond acceptors (Lipinski definition) is 2. The topological polar surface area (TPSA) is 67.2 Å². The number of carbonyl (C=O) groups is 1. The lowest BCUT2D eigenvalue weighted by atomic mass is 9.96. The first-order valence-corrected chi connectivity index (χ1v) is 4.56. The van der Waals surface area contributed by atoms with Gasteiger partial charge in [0.05, 0.1) is 0 Å². The molecule has 2 amide bonds. The summed E-state index contributed by atoms with van der Waals surface area (Å²) in [6.07, 6.45) is 5.21. The Morgan fingerprint density at radius 3 is 2.67 bits per heavy atom. The Hall–Kier alpha value is -0.770. The third kappa shape index (κ3) is 1.39. The summed E-state index contributed by atoms with van der Waals surface area (Å²) in [6.45, 7) is 0. The monoisotopic (exact) mass is 169 g/mol. The molecule has 4 heteroatoms. The fraction of sp³-hybridized carbons (Fsp3) is 0.875. The molecule has 0 heterocycles. The van der Waals surface area contributed by atoms with Gasteiger partial charge in [-0.2, -0.15) is 0 Å². The van der Waals surface area contributed by atoms with Crippen molar-refractivity contribution in [1.82, 2.24) is 10.9 Å². The van der Waals surface area contributed by atoms with E-state index in [1.807, 2.05) is 0 Å². The highest BCUT2D eigenvalue weighted by molar-refractivity contribution is 5.70. The maximum atomic E-state index is 10.4. The molecule has 68 valence electrons. The van der Waals surface area contributed by atoms with Crippen molar-refractivity contribution in [1.29, 1.82) is 0 Å². The van der Waals surface area contributed by atoms with E-state index in [1.165, 1.54) is 25.7 Å². The Morgan fingerprint density at radius 1 is 1.33 bits per heavy atom. The number of nitrogens with two attached hydrogens (primary N) is 1. The third-order valence-corrected chi connectivity index (χ3v) is 3.12. The molecule has 0 radical (unpaired) electrons. The number of nitrogens with one attached hydrogen (secondary N) is 2. The third-order valence-electron chi connectivity index (χ3n) is 3.12. The van der Waals surface area contributed by atoms with Crippen LogP contribution in [0.1, 0.15) is 25.7 Å². The molecule has 2 bridgehead atoms. The van der Waals surface area contributed by atoms with Crippen LogP contribution in [0.4, 0.5) is 4.79 Å². The van der Waals surface area contributed by atoms with Gasteiger partial charge in [-0.05, 0) is 31.1 Å². The van der Waals surface area contributed by atoms with Gasteiger partial charge in [0.2, 0.25) is 0 Å². The zero-order chi connectivity index (χ0) is 8.55. The molecule has 0 aromatic carbocycles. The van der Waals surface area contributed by atoms with Gasteiger partial charge in [0, 0.05) is 6.04 Å². The molecule has 2 fully saturated rings. The van der Waals surface area contributed by atoms with Gasteiger partial charge in [-0.3, -0.25) is 5.43 Å². The summed E-state index contributed by atoms with van der Waals surface area (Å²) in [6, 6.07) is -0.0194. The molecule has 0 aliphatic heterocycles. The Kier molecular flexibility index (Phi) is 1.92. The van der Waals surface area contributed by atoms with Gasteiger partial charge in [-0.25, -0.2) is 10.2 Å². The number of rotatable bonds is 2. The molecule has 0 spiro atoms. The lowest BCUT2D eigenvalue weighted by Gasteiger charge is -2.22. The molecule has 0 aromatic rings. The van der Waals surface area contributed by atoms with Crippen LogP contribution in [0.25, 0.3) is 0 Å². The van der Waals surface area contributed by atoms with Crippen molar-refractivity contribution in [2.24, 2.45) is 17.6 Å². The van der Waals surface area contributed by atoms with Crippen molar-refractivity contribution in [3.63, 3.8) is 0 Å². The van der Waals surface area contributed by atoms with Gasteiger partial charge >= 0.3 is 6.03 Å². The smallest absolute Gasteiger partial charge is 0.326 e. The van der Waals surface area contributed by atoms with E-state index in [0.717, 1.165) is 11.8 Å². The van der Waals surface area contributed by atoms with Gasteiger partial charge < -0.3 is 5.73 Å². The summed E-state index contributed by atoms with van der Waals surface area (Å²) in [4.78, 5) is 10.4. The molecule has 3 atom stereocenters. The van der Waals surface area contributed by atoms with E-state index in [2.05, 4.69) is 10.9 Å². The van der Waals surface area contributed by atoms with E-state index in [-0.39, 0.29) is 0 Å². The molecule has 2 aliphatic rings. The van der Waals surface area contributed by atoms with E-state index in [1.54, 1.807) is 0 Å². The minimum Gasteiger partial charge on any atom is -0.351 e. The molecule has 4 nitrogen and oxygen atoms in total. The second-order valence-corrected chi connectivity index (χ2v) is 3.91. The number of urea groups is 1. The number of fused-ring (bicyclic) bond motifs is 2. The Labute approximate surface area is 71.9 Å². The number of primary amides is 1. The van der Waals surface area contributed by atoms with Crippen LogP contribution in [0.5, 0.6) is 0 Å². The van der Waals surface area contributed by atoms with Crippen molar-refractivity contribution >= 4 is 6.03 Å². The van der Waals surface area contributed by atoms with E-state index >= 15 is 0 Å². The number of hydrogen-bond donors (Lipinski definition) is 3. The SMILES string of the molecule is NC(=O)NNC1CC2CCC1C2. The molecule has 0 aromatic heterocycles. The van der Waals surface area contributed by atoms with E-state index in [4.69, 9.17) is 5.73 Å². The van der Waals surface area contributed by atoms with Crippen LogP contribution in [0, 0.1) is 11.8 Å². The summed E-state index contributed by atoms with van der Waals surface area (Å²) < 4.78 is 0. The quantitative estimate of drug-likeness (QED) is 0.522. The fourth-order valence-electron chi connectivity index (χ4n) is 2.59. The first kappa shape index (κ1) is 7.86. The second-order valence-electron chi connectivity index (χ2n) is 3.91. The summed E-state index contributed by atoms with van der Waals surface area (Å²) >= 11 is 0. The minimum atomic E-state index is -0.488. The predicted molar refractivity (Wildman–Crippen MR) is 45.1 cm³/mol. The van der Waals surface area contributed by atoms with Crippen molar-refractivity contribution in [2.45, 2.75) is 31.7 Å². The second kappa shape index (κ2) is 2.94. The number of carbonyl (C=O) groups excluding carboxylic acids is 1. The molecule has 0 saturated heterocycles. The maximum Gasteiger partial charge on any atom is 0.326 e. The summed E-state index contributed by atoms with van der Waals surface area (Å²) in [5, 5.41) is 0. The minimum absolute atomic E-state index is 0.469. The number of amides is 2. The lowest BCUT2D eigenvalue weighted by molar-refractivity contribution is 0.236. The maximum absolute atomic E-state index is 10.4. The van der Waals surface area contributed by atoms with Crippen molar-refractivity contribution in [2.75, 3.05) is 0 Å². The summed E-state index contributed by atoms with van der Waals surface area (Å²) in [7, 11) is 0. The molecule has 2 saturated carbocycles. The van der Waals surface area contributed by atoms with Crippen molar-refractivity contribution in [3.05, 3.63) is 0 Å². The van der Waals surface area contributed by atoms with Crippen LogP contribution in [0.3, 0.4) is 0 Å². The van der Waals surface area contributed by atoms with Gasteiger partial charge in [0.25, 0.3) is 0 Å². The largest absolute Gasteiger partial charge is 0.351 e. The first-order chi connectivity index (χ1) is 5.75. The average Bonchev–Trinajstić information content (AvgIpc) is 2.60. The number of hydrazine groups is 1. The zero-order valence-electron chi connectivity index (χ0n) is 7.05. The van der Waals surface area contributed by atoms with Gasteiger partial charge in [0.1, 0.15) is 0 Å². The van der Waals surface area contributed by atoms with E-state index in [0.29, 0.717) is 6.04 Å². The average molecular weight is 169 g/mol. The molecule has 4 N–H and O–H groups in total. The van der Waals surface area contributed by atoms with E-state index in [9.17, 15) is 4.79 Å². The molecular formula is C8H15N3O. The van der Waals surface area contributed by atoms with Crippen LogP contribution in [-0.4, -0.2) is 12.1 Å².